The van der Waals surface area contributed by atoms with Crippen molar-refractivity contribution in [2.24, 2.45) is 16.6 Å². The molecule has 0 saturated carbocycles. The molecule has 1 heterocycles. The maximum atomic E-state index is 5.21. The second kappa shape index (κ2) is 1.38. The minimum Gasteiger partial charge on any atom is -0.384 e. The van der Waals surface area contributed by atoms with Crippen molar-refractivity contribution < 1.29 is 4.84 Å². The summed E-state index contributed by atoms with van der Waals surface area (Å²) >= 11 is 0. The van der Waals surface area contributed by atoms with Gasteiger partial charge < -0.3 is 10.6 Å². The van der Waals surface area contributed by atoms with Crippen LogP contribution in [0.1, 0.15) is 6.42 Å². The third-order valence-corrected chi connectivity index (χ3v) is 0.716. The van der Waals surface area contributed by atoms with Crippen molar-refractivity contribution in [1.82, 2.24) is 0 Å². The normalized spacial score (nSPS) is 29.3. The maximum absolute atomic E-state index is 5.21. The lowest BCUT2D eigenvalue weighted by Gasteiger charge is -1.93. The zero-order valence-electron chi connectivity index (χ0n) is 3.79. The van der Waals surface area contributed by atoms with Gasteiger partial charge in [-0.05, 0) is 0 Å². The minimum absolute atomic E-state index is 0.306. The predicted molar refractivity (Wildman–Crippen MR) is 25.3 cm³/mol. The van der Waals surface area contributed by atoms with Crippen molar-refractivity contribution in [2.45, 2.75) is 12.6 Å². The number of hydrogen-bond acceptors (Lipinski definition) is 4. The second-order valence-electron chi connectivity index (χ2n) is 1.43. The van der Waals surface area contributed by atoms with Crippen LogP contribution in [0.25, 0.3) is 0 Å². The van der Waals surface area contributed by atoms with Crippen LogP contribution in [0.2, 0.25) is 0 Å². The van der Waals surface area contributed by atoms with Gasteiger partial charge in [0.1, 0.15) is 5.84 Å². The molecule has 7 heavy (non-hydrogen) atoms. The molecule has 0 aliphatic carbocycles. The van der Waals surface area contributed by atoms with Crippen LogP contribution < -0.4 is 11.5 Å². The molecule has 0 amide bonds. The molecule has 1 unspecified atom stereocenters. The third-order valence-electron chi connectivity index (χ3n) is 0.716. The second-order valence-corrected chi connectivity index (χ2v) is 1.43. The highest BCUT2D eigenvalue weighted by Crippen LogP contribution is 1.99. The predicted octanol–water partition coefficient (Wildman–Crippen LogP) is -1.04. The van der Waals surface area contributed by atoms with Crippen LogP contribution in [-0.2, 0) is 4.84 Å². The SMILES string of the molecule is NC1=NOC(N)C1. The quantitative estimate of drug-likeness (QED) is 0.409. The van der Waals surface area contributed by atoms with E-state index in [1.54, 1.807) is 0 Å². The number of amidine groups is 1. The molecule has 40 valence electrons. The highest BCUT2D eigenvalue weighted by molar-refractivity contribution is 5.81. The Morgan fingerprint density at radius 3 is 2.71 bits per heavy atom. The standard InChI is InChI=1S/C3H7N3O/c4-2-1-3(5)7-6-2/h3H,1,5H2,(H2,4,6). The first-order chi connectivity index (χ1) is 3.29. The summed E-state index contributed by atoms with van der Waals surface area (Å²) in [7, 11) is 0. The number of hydrogen-bond donors (Lipinski definition) is 2. The molecular weight excluding hydrogens is 94.1 g/mol. The van der Waals surface area contributed by atoms with Gasteiger partial charge in [-0.1, -0.05) is 5.16 Å². The van der Waals surface area contributed by atoms with Crippen LogP contribution in [0, 0.1) is 0 Å². The van der Waals surface area contributed by atoms with E-state index < -0.39 is 0 Å². The zero-order valence-corrected chi connectivity index (χ0v) is 3.79. The van der Waals surface area contributed by atoms with Crippen molar-refractivity contribution in [3.05, 3.63) is 0 Å². The summed E-state index contributed by atoms with van der Waals surface area (Å²) in [6.45, 7) is 0. The van der Waals surface area contributed by atoms with E-state index in [-0.39, 0.29) is 6.23 Å². The molecule has 1 aliphatic rings. The molecule has 1 rings (SSSR count). The fraction of sp³-hybridized carbons (Fsp3) is 0.667. The Hall–Kier alpha value is -0.770. The summed E-state index contributed by atoms with van der Waals surface area (Å²) in [5, 5.41) is 3.39. The Morgan fingerprint density at radius 1 is 1.86 bits per heavy atom. The average molecular weight is 101 g/mol. The first kappa shape index (κ1) is 4.39. The van der Waals surface area contributed by atoms with Gasteiger partial charge in [-0.15, -0.1) is 0 Å². The molecule has 0 fully saturated rings. The van der Waals surface area contributed by atoms with Crippen molar-refractivity contribution in [1.29, 1.82) is 0 Å². The molecule has 0 spiro atoms. The van der Waals surface area contributed by atoms with Gasteiger partial charge >= 0.3 is 0 Å². The molecule has 0 saturated heterocycles. The van der Waals surface area contributed by atoms with E-state index in [0.717, 1.165) is 0 Å². The van der Waals surface area contributed by atoms with E-state index in [0.29, 0.717) is 12.3 Å². The average Bonchev–Trinajstić information content (AvgIpc) is 1.87. The van der Waals surface area contributed by atoms with Crippen LogP contribution in [0.4, 0.5) is 0 Å². The molecule has 0 aromatic rings. The van der Waals surface area contributed by atoms with Gasteiger partial charge in [-0.3, -0.25) is 5.73 Å². The van der Waals surface area contributed by atoms with E-state index in [1.807, 2.05) is 0 Å². The molecule has 0 bridgehead atoms. The van der Waals surface area contributed by atoms with Crippen molar-refractivity contribution in [3.8, 4) is 0 Å². The van der Waals surface area contributed by atoms with Crippen LogP contribution in [-0.4, -0.2) is 12.1 Å². The van der Waals surface area contributed by atoms with Crippen LogP contribution in [0.15, 0.2) is 5.16 Å². The van der Waals surface area contributed by atoms with E-state index in [9.17, 15) is 0 Å². The van der Waals surface area contributed by atoms with Crippen LogP contribution >= 0.6 is 0 Å². The van der Waals surface area contributed by atoms with E-state index >= 15 is 0 Å². The zero-order chi connectivity index (χ0) is 5.28. The monoisotopic (exact) mass is 101 g/mol. The molecule has 1 aliphatic heterocycles. The summed E-state index contributed by atoms with van der Waals surface area (Å²) in [4.78, 5) is 4.51. The van der Waals surface area contributed by atoms with Crippen molar-refractivity contribution in [3.63, 3.8) is 0 Å². The van der Waals surface area contributed by atoms with Gasteiger partial charge in [0, 0.05) is 0 Å². The molecule has 0 aromatic carbocycles. The Balaban J connectivity index is 2.42. The molecule has 0 aromatic heterocycles. The lowest BCUT2D eigenvalue weighted by molar-refractivity contribution is 0.0906. The van der Waals surface area contributed by atoms with E-state index in [1.165, 1.54) is 0 Å². The number of nitrogens with two attached hydrogens (primary N) is 2. The number of nitrogens with zero attached hydrogens (tertiary/aromatic N) is 1. The van der Waals surface area contributed by atoms with Crippen LogP contribution in [0.3, 0.4) is 0 Å². The Bertz CT molecular complexity index is 100. The van der Waals surface area contributed by atoms with E-state index in [2.05, 4.69) is 9.99 Å². The fourth-order valence-corrected chi connectivity index (χ4v) is 0.416. The molecule has 4 N–H and O–H groups in total. The summed E-state index contributed by atoms with van der Waals surface area (Å²) in [6.07, 6.45) is 0.250. The van der Waals surface area contributed by atoms with Gasteiger partial charge in [-0.25, -0.2) is 0 Å². The summed E-state index contributed by atoms with van der Waals surface area (Å²) in [6, 6.07) is 0. The van der Waals surface area contributed by atoms with Crippen LogP contribution in [0.5, 0.6) is 0 Å². The Morgan fingerprint density at radius 2 is 2.57 bits per heavy atom. The summed E-state index contributed by atoms with van der Waals surface area (Å²) in [5.41, 5.74) is 10.4. The maximum Gasteiger partial charge on any atom is 0.183 e. The minimum atomic E-state index is -0.306. The van der Waals surface area contributed by atoms with E-state index in [4.69, 9.17) is 11.5 Å². The summed E-state index contributed by atoms with van der Waals surface area (Å²) < 4.78 is 0. The Labute approximate surface area is 41.1 Å². The molecule has 4 heteroatoms. The molecular formula is C3H7N3O. The Kier molecular flexibility index (Phi) is 0.867. The number of oxime groups is 1. The summed E-state index contributed by atoms with van der Waals surface area (Å²) in [5.74, 6) is 0.479. The van der Waals surface area contributed by atoms with Gasteiger partial charge in [0.2, 0.25) is 0 Å². The molecule has 1 atom stereocenters. The topological polar surface area (TPSA) is 73.6 Å². The lowest BCUT2D eigenvalue weighted by atomic mass is 10.4. The third kappa shape index (κ3) is 0.806. The largest absolute Gasteiger partial charge is 0.384 e. The fourth-order valence-electron chi connectivity index (χ4n) is 0.416. The highest BCUT2D eigenvalue weighted by atomic mass is 16.7. The first-order valence-electron chi connectivity index (χ1n) is 2.03. The molecule has 4 nitrogen and oxygen atoms in total. The lowest BCUT2D eigenvalue weighted by Crippen LogP contribution is -2.21. The van der Waals surface area contributed by atoms with Crippen molar-refractivity contribution >= 4 is 5.84 Å². The van der Waals surface area contributed by atoms with Gasteiger partial charge in [-0.2, -0.15) is 0 Å². The van der Waals surface area contributed by atoms with Crippen molar-refractivity contribution in [2.75, 3.05) is 0 Å². The number of rotatable bonds is 0. The van der Waals surface area contributed by atoms with Gasteiger partial charge in [0.05, 0.1) is 6.42 Å². The first-order valence-corrected chi connectivity index (χ1v) is 2.03. The van der Waals surface area contributed by atoms with Gasteiger partial charge in [0.15, 0.2) is 6.23 Å². The highest BCUT2D eigenvalue weighted by Gasteiger charge is 2.11. The smallest absolute Gasteiger partial charge is 0.183 e. The molecule has 0 radical (unpaired) electrons. The van der Waals surface area contributed by atoms with Gasteiger partial charge in [0.25, 0.3) is 0 Å².